The zero-order valence-electron chi connectivity index (χ0n) is 15.6. The summed E-state index contributed by atoms with van der Waals surface area (Å²) in [6.45, 7) is 9.94. The molecule has 0 aromatic heterocycles. The third kappa shape index (κ3) is 9.76. The SMILES string of the molecule is CC(C)=CCC/C(C)=C/CC/C(C)=C/CCC1CCCNC1=S. The number of thiocarbonyl (C=S) groups is 1. The first kappa shape index (κ1) is 20.2. The Morgan fingerprint density at radius 3 is 2.22 bits per heavy atom. The Hall–Kier alpha value is -0.890. The van der Waals surface area contributed by atoms with Crippen LogP contribution in [0.1, 0.15) is 79.1 Å². The van der Waals surface area contributed by atoms with Crippen LogP contribution < -0.4 is 5.32 Å². The quantitative estimate of drug-likeness (QED) is 0.381. The van der Waals surface area contributed by atoms with Gasteiger partial charge in [-0.05, 0) is 79.1 Å². The second-order valence-electron chi connectivity index (χ2n) is 7.17. The molecule has 1 atom stereocenters. The van der Waals surface area contributed by atoms with Crippen molar-refractivity contribution in [3.63, 3.8) is 0 Å². The molecular formula is C21H35NS. The summed E-state index contributed by atoms with van der Waals surface area (Å²) in [5.74, 6) is 0.611. The van der Waals surface area contributed by atoms with E-state index in [2.05, 4.69) is 51.2 Å². The second kappa shape index (κ2) is 11.6. The van der Waals surface area contributed by atoms with Gasteiger partial charge in [-0.25, -0.2) is 0 Å². The zero-order chi connectivity index (χ0) is 17.1. The fourth-order valence-corrected chi connectivity index (χ4v) is 3.32. The van der Waals surface area contributed by atoms with Gasteiger partial charge in [0, 0.05) is 12.5 Å². The second-order valence-corrected chi connectivity index (χ2v) is 7.61. The predicted molar refractivity (Wildman–Crippen MR) is 108 cm³/mol. The number of rotatable bonds is 9. The van der Waals surface area contributed by atoms with Gasteiger partial charge in [0.15, 0.2) is 0 Å². The average Bonchev–Trinajstić information content (AvgIpc) is 2.49. The fraction of sp³-hybridized carbons (Fsp3) is 0.667. The molecule has 0 amide bonds. The molecular weight excluding hydrogens is 298 g/mol. The Morgan fingerprint density at radius 2 is 1.61 bits per heavy atom. The molecule has 0 saturated carbocycles. The Morgan fingerprint density at radius 1 is 1.00 bits per heavy atom. The van der Waals surface area contributed by atoms with Gasteiger partial charge in [-0.1, -0.05) is 47.2 Å². The minimum atomic E-state index is 0.611. The van der Waals surface area contributed by atoms with Crippen molar-refractivity contribution in [2.24, 2.45) is 5.92 Å². The maximum atomic E-state index is 5.41. The van der Waals surface area contributed by atoms with E-state index in [-0.39, 0.29) is 0 Å². The average molecular weight is 334 g/mol. The van der Waals surface area contributed by atoms with Gasteiger partial charge in [-0.2, -0.15) is 0 Å². The number of piperidine rings is 1. The van der Waals surface area contributed by atoms with Crippen molar-refractivity contribution >= 4 is 17.2 Å². The number of hydrogen-bond donors (Lipinski definition) is 1. The highest BCUT2D eigenvalue weighted by atomic mass is 32.1. The highest BCUT2D eigenvalue weighted by Crippen LogP contribution is 2.20. The Labute approximate surface area is 149 Å². The lowest BCUT2D eigenvalue weighted by molar-refractivity contribution is 0.508. The van der Waals surface area contributed by atoms with Gasteiger partial charge in [0.1, 0.15) is 0 Å². The maximum absolute atomic E-state index is 5.41. The van der Waals surface area contributed by atoms with Gasteiger partial charge >= 0.3 is 0 Å². The number of allylic oxidation sites excluding steroid dienone is 6. The molecule has 1 heterocycles. The summed E-state index contributed by atoms with van der Waals surface area (Å²) in [6, 6.07) is 0. The van der Waals surface area contributed by atoms with E-state index in [4.69, 9.17) is 12.2 Å². The van der Waals surface area contributed by atoms with Crippen molar-refractivity contribution in [2.45, 2.75) is 79.1 Å². The van der Waals surface area contributed by atoms with Gasteiger partial charge in [-0.15, -0.1) is 0 Å². The van der Waals surface area contributed by atoms with Crippen molar-refractivity contribution in [1.29, 1.82) is 0 Å². The van der Waals surface area contributed by atoms with E-state index in [0.29, 0.717) is 5.92 Å². The van der Waals surface area contributed by atoms with Crippen molar-refractivity contribution in [3.8, 4) is 0 Å². The van der Waals surface area contributed by atoms with E-state index < -0.39 is 0 Å². The molecule has 1 saturated heterocycles. The summed E-state index contributed by atoms with van der Waals surface area (Å²) in [5, 5.41) is 3.34. The topological polar surface area (TPSA) is 12.0 Å². The fourth-order valence-electron chi connectivity index (χ4n) is 2.98. The van der Waals surface area contributed by atoms with E-state index in [1.165, 1.54) is 68.1 Å². The summed E-state index contributed by atoms with van der Waals surface area (Å²) in [6.07, 6.45) is 16.8. The molecule has 1 aliphatic rings. The molecule has 23 heavy (non-hydrogen) atoms. The highest BCUT2D eigenvalue weighted by molar-refractivity contribution is 7.80. The van der Waals surface area contributed by atoms with Gasteiger partial charge in [-0.3, -0.25) is 0 Å². The molecule has 0 aromatic rings. The van der Waals surface area contributed by atoms with Crippen molar-refractivity contribution in [1.82, 2.24) is 5.32 Å². The van der Waals surface area contributed by atoms with Crippen LogP contribution >= 0.6 is 12.2 Å². The first-order valence-corrected chi connectivity index (χ1v) is 9.62. The lowest BCUT2D eigenvalue weighted by Gasteiger charge is -2.24. The molecule has 1 rings (SSSR count). The van der Waals surface area contributed by atoms with Crippen LogP contribution in [-0.4, -0.2) is 11.5 Å². The van der Waals surface area contributed by atoms with Gasteiger partial charge in [0.25, 0.3) is 0 Å². The van der Waals surface area contributed by atoms with E-state index in [0.717, 1.165) is 11.5 Å². The molecule has 0 aliphatic carbocycles. The molecule has 2 heteroatoms. The summed E-state index contributed by atoms with van der Waals surface area (Å²) in [4.78, 5) is 1.09. The molecule has 1 nitrogen and oxygen atoms in total. The lowest BCUT2D eigenvalue weighted by atomic mass is 9.94. The minimum absolute atomic E-state index is 0.611. The largest absolute Gasteiger partial charge is 0.379 e. The van der Waals surface area contributed by atoms with E-state index >= 15 is 0 Å². The van der Waals surface area contributed by atoms with Gasteiger partial charge < -0.3 is 5.32 Å². The van der Waals surface area contributed by atoms with Gasteiger partial charge in [0.2, 0.25) is 0 Å². The lowest BCUT2D eigenvalue weighted by Crippen LogP contribution is -2.34. The minimum Gasteiger partial charge on any atom is -0.379 e. The number of hydrogen-bond acceptors (Lipinski definition) is 1. The third-order valence-electron chi connectivity index (χ3n) is 4.53. The van der Waals surface area contributed by atoms with Crippen LogP contribution in [0.5, 0.6) is 0 Å². The van der Waals surface area contributed by atoms with E-state index in [1.807, 2.05) is 0 Å². The van der Waals surface area contributed by atoms with Gasteiger partial charge in [0.05, 0.1) is 4.99 Å². The van der Waals surface area contributed by atoms with Crippen LogP contribution in [0.25, 0.3) is 0 Å². The van der Waals surface area contributed by atoms with E-state index in [1.54, 1.807) is 0 Å². The molecule has 1 fully saturated rings. The summed E-state index contributed by atoms with van der Waals surface area (Å²) in [5.41, 5.74) is 4.46. The highest BCUT2D eigenvalue weighted by Gasteiger charge is 2.17. The maximum Gasteiger partial charge on any atom is 0.0784 e. The molecule has 1 aliphatic heterocycles. The molecule has 0 spiro atoms. The van der Waals surface area contributed by atoms with E-state index in [9.17, 15) is 0 Å². The summed E-state index contributed by atoms with van der Waals surface area (Å²) >= 11 is 5.41. The molecule has 0 radical (unpaired) electrons. The first-order chi connectivity index (χ1) is 11.0. The summed E-state index contributed by atoms with van der Waals surface area (Å²) in [7, 11) is 0. The Kier molecular flexibility index (Phi) is 10.2. The van der Waals surface area contributed by atoms with Crippen LogP contribution in [-0.2, 0) is 0 Å². The van der Waals surface area contributed by atoms with Crippen LogP contribution in [0.4, 0.5) is 0 Å². The molecule has 130 valence electrons. The van der Waals surface area contributed by atoms with Crippen LogP contribution in [0.2, 0.25) is 0 Å². The van der Waals surface area contributed by atoms with Crippen LogP contribution in [0.3, 0.4) is 0 Å². The summed E-state index contributed by atoms with van der Waals surface area (Å²) < 4.78 is 0. The Balaban J connectivity index is 2.20. The van der Waals surface area contributed by atoms with Crippen LogP contribution in [0, 0.1) is 5.92 Å². The smallest absolute Gasteiger partial charge is 0.0784 e. The third-order valence-corrected chi connectivity index (χ3v) is 5.01. The molecule has 1 N–H and O–H groups in total. The monoisotopic (exact) mass is 333 g/mol. The predicted octanol–water partition coefficient (Wildman–Crippen LogP) is 6.51. The number of nitrogens with one attached hydrogen (secondary N) is 1. The van der Waals surface area contributed by atoms with Crippen molar-refractivity contribution in [3.05, 3.63) is 34.9 Å². The molecule has 0 aromatic carbocycles. The first-order valence-electron chi connectivity index (χ1n) is 9.21. The van der Waals surface area contributed by atoms with Crippen molar-refractivity contribution < 1.29 is 0 Å². The zero-order valence-corrected chi connectivity index (χ0v) is 16.4. The Bertz CT molecular complexity index is 452. The normalized spacial score (nSPS) is 19.5. The standard InChI is InChI=1S/C21H35NS/c1-17(2)9-5-10-18(3)11-6-12-19(4)13-7-14-20-15-8-16-22-21(20)23/h9,11,13,20H,5-8,10,12,14-16H2,1-4H3,(H,22,23)/b18-11+,19-13+. The van der Waals surface area contributed by atoms with Crippen molar-refractivity contribution in [2.75, 3.05) is 6.54 Å². The van der Waals surface area contributed by atoms with Crippen LogP contribution in [0.15, 0.2) is 34.9 Å². The molecule has 1 unspecified atom stereocenters. The molecule has 0 bridgehead atoms.